The van der Waals surface area contributed by atoms with Gasteiger partial charge in [0.25, 0.3) is 0 Å². The average molecular weight is 300 g/mol. The van der Waals surface area contributed by atoms with E-state index >= 15 is 0 Å². The number of hydrogen-bond acceptors (Lipinski definition) is 4. The molecule has 0 aromatic heterocycles. The van der Waals surface area contributed by atoms with E-state index in [2.05, 4.69) is 5.32 Å². The lowest BCUT2D eigenvalue weighted by molar-refractivity contribution is -0.137. The van der Waals surface area contributed by atoms with Gasteiger partial charge < -0.3 is 15.0 Å². The fraction of sp³-hybridized carbons (Fsp3) is 0.294. The van der Waals surface area contributed by atoms with Crippen molar-refractivity contribution in [3.8, 4) is 0 Å². The highest BCUT2D eigenvalue weighted by Gasteiger charge is 2.23. The summed E-state index contributed by atoms with van der Waals surface area (Å²) < 4.78 is 4.88. The second-order valence-corrected chi connectivity index (χ2v) is 4.78. The molecule has 0 saturated carbocycles. The monoisotopic (exact) mass is 300 g/mol. The van der Waals surface area contributed by atoms with Gasteiger partial charge in [0.05, 0.1) is 6.61 Å². The van der Waals surface area contributed by atoms with Crippen LogP contribution in [0.5, 0.6) is 0 Å². The molecule has 0 saturated heterocycles. The van der Waals surface area contributed by atoms with Crippen molar-refractivity contribution in [3.63, 3.8) is 0 Å². The molecule has 1 unspecified atom stereocenters. The van der Waals surface area contributed by atoms with Gasteiger partial charge in [-0.05, 0) is 18.6 Å². The van der Waals surface area contributed by atoms with Crippen LogP contribution in [0.3, 0.4) is 0 Å². The smallest absolute Gasteiger partial charge is 0.332 e. The van der Waals surface area contributed by atoms with E-state index in [-0.39, 0.29) is 12.1 Å². The molecule has 0 spiro atoms. The van der Waals surface area contributed by atoms with E-state index in [0.717, 1.165) is 11.1 Å². The Hall–Kier alpha value is -2.56. The predicted octanol–water partition coefficient (Wildman–Crippen LogP) is 2.57. The largest absolute Gasteiger partial charge is 0.463 e. The maximum Gasteiger partial charge on any atom is 0.332 e. The van der Waals surface area contributed by atoms with Crippen LogP contribution < -0.4 is 5.32 Å². The molecule has 1 aromatic rings. The quantitative estimate of drug-likeness (QED) is 0.671. The van der Waals surface area contributed by atoms with Crippen molar-refractivity contribution in [1.82, 2.24) is 10.2 Å². The minimum atomic E-state index is -0.407. The van der Waals surface area contributed by atoms with Gasteiger partial charge in [-0.2, -0.15) is 0 Å². The third-order valence-corrected chi connectivity index (χ3v) is 3.30. The summed E-state index contributed by atoms with van der Waals surface area (Å²) in [5.41, 5.74) is 2.03. The summed E-state index contributed by atoms with van der Waals surface area (Å²) in [6.07, 6.45) is 6.81. The van der Waals surface area contributed by atoms with Gasteiger partial charge in [-0.3, -0.25) is 4.79 Å². The Morgan fingerprint density at radius 1 is 1.32 bits per heavy atom. The number of carbonyl (C=O) groups excluding carboxylic acids is 2. The van der Waals surface area contributed by atoms with Crippen LogP contribution in [0.2, 0.25) is 0 Å². The second kappa shape index (κ2) is 7.45. The topological polar surface area (TPSA) is 58.6 Å². The van der Waals surface area contributed by atoms with Gasteiger partial charge in [0.2, 0.25) is 5.91 Å². The Morgan fingerprint density at radius 3 is 2.82 bits per heavy atom. The van der Waals surface area contributed by atoms with Crippen molar-refractivity contribution in [3.05, 3.63) is 53.9 Å². The number of amides is 1. The summed E-state index contributed by atoms with van der Waals surface area (Å²) in [6, 6.07) is 7.83. The van der Waals surface area contributed by atoms with E-state index in [9.17, 15) is 9.59 Å². The third-order valence-electron chi connectivity index (χ3n) is 3.30. The molecule has 5 nitrogen and oxygen atoms in total. The highest BCUT2D eigenvalue weighted by molar-refractivity contribution is 5.82. The number of nitrogens with zero attached hydrogens (tertiary/aromatic N) is 1. The van der Waals surface area contributed by atoms with Crippen LogP contribution in [0, 0.1) is 0 Å². The lowest BCUT2D eigenvalue weighted by atomic mass is 10.0. The van der Waals surface area contributed by atoms with Gasteiger partial charge in [-0.1, -0.05) is 31.2 Å². The first kappa shape index (κ1) is 15.8. The molecule has 1 aliphatic rings. The maximum absolute atomic E-state index is 11.8. The standard InChI is InChI=1S/C17H20N2O3/c1-3-15(20)18-17-14-8-6-5-7-13(14)9-11-19(17)12-10-16(21)22-4-2/h5-12,17H,3-4H2,1-2H3,(H,18,20)/b12-10-. The molecular weight excluding hydrogens is 280 g/mol. The predicted molar refractivity (Wildman–Crippen MR) is 84.3 cm³/mol. The van der Waals surface area contributed by atoms with Crippen molar-refractivity contribution >= 4 is 18.0 Å². The summed E-state index contributed by atoms with van der Waals surface area (Å²) in [6.45, 7) is 3.89. The minimum Gasteiger partial charge on any atom is -0.463 e. The number of esters is 1. The SMILES string of the molecule is CCOC(=O)/C=C\N1C=Cc2ccccc2C1NC(=O)CC. The normalized spacial score (nSPS) is 16.5. The molecule has 22 heavy (non-hydrogen) atoms. The van der Waals surface area contributed by atoms with Gasteiger partial charge in [-0.25, -0.2) is 4.79 Å². The molecule has 2 rings (SSSR count). The molecule has 0 aliphatic carbocycles. The fourth-order valence-corrected chi connectivity index (χ4v) is 2.20. The lowest BCUT2D eigenvalue weighted by Crippen LogP contribution is -2.37. The average Bonchev–Trinajstić information content (AvgIpc) is 2.54. The molecule has 1 aliphatic heterocycles. The van der Waals surface area contributed by atoms with Crippen LogP contribution in [-0.2, 0) is 14.3 Å². The Kier molecular flexibility index (Phi) is 5.36. The van der Waals surface area contributed by atoms with Gasteiger partial charge in [-0.15, -0.1) is 0 Å². The van der Waals surface area contributed by atoms with Crippen molar-refractivity contribution in [2.45, 2.75) is 26.4 Å². The van der Waals surface area contributed by atoms with Crippen LogP contribution in [0.25, 0.3) is 6.08 Å². The Bertz CT molecular complexity index is 608. The van der Waals surface area contributed by atoms with E-state index in [0.29, 0.717) is 13.0 Å². The van der Waals surface area contributed by atoms with Crippen molar-refractivity contribution in [2.24, 2.45) is 0 Å². The van der Waals surface area contributed by atoms with Gasteiger partial charge in [0.1, 0.15) is 6.17 Å². The summed E-state index contributed by atoms with van der Waals surface area (Å²) in [5, 5.41) is 2.96. The molecule has 0 fully saturated rings. The Labute approximate surface area is 130 Å². The molecule has 1 heterocycles. The van der Waals surface area contributed by atoms with Crippen molar-refractivity contribution < 1.29 is 14.3 Å². The zero-order valence-corrected chi connectivity index (χ0v) is 12.8. The number of carbonyl (C=O) groups is 2. The first-order valence-electron chi connectivity index (χ1n) is 7.34. The third kappa shape index (κ3) is 3.75. The molecule has 1 N–H and O–H groups in total. The molecule has 1 atom stereocenters. The first-order valence-corrected chi connectivity index (χ1v) is 7.34. The summed E-state index contributed by atoms with van der Waals surface area (Å²) >= 11 is 0. The number of fused-ring (bicyclic) bond motifs is 1. The van der Waals surface area contributed by atoms with Gasteiger partial charge in [0.15, 0.2) is 0 Å². The van der Waals surface area contributed by atoms with Gasteiger partial charge in [0, 0.05) is 30.5 Å². The van der Waals surface area contributed by atoms with Gasteiger partial charge >= 0.3 is 5.97 Å². The van der Waals surface area contributed by atoms with E-state index in [4.69, 9.17) is 4.74 Å². The summed E-state index contributed by atoms with van der Waals surface area (Å²) in [4.78, 5) is 25.1. The van der Waals surface area contributed by atoms with Crippen LogP contribution >= 0.6 is 0 Å². The number of ether oxygens (including phenoxy) is 1. The molecule has 0 radical (unpaired) electrons. The molecule has 116 valence electrons. The van der Waals surface area contributed by atoms with E-state index < -0.39 is 5.97 Å². The molecule has 1 amide bonds. The molecule has 5 heteroatoms. The Morgan fingerprint density at radius 2 is 2.09 bits per heavy atom. The summed E-state index contributed by atoms with van der Waals surface area (Å²) in [5.74, 6) is -0.458. The minimum absolute atomic E-state index is 0.0513. The summed E-state index contributed by atoms with van der Waals surface area (Å²) in [7, 11) is 0. The Balaban J connectivity index is 2.25. The first-order chi connectivity index (χ1) is 10.7. The van der Waals surface area contributed by atoms with Crippen LogP contribution in [-0.4, -0.2) is 23.4 Å². The highest BCUT2D eigenvalue weighted by Crippen LogP contribution is 2.28. The van der Waals surface area contributed by atoms with Crippen LogP contribution in [0.4, 0.5) is 0 Å². The van der Waals surface area contributed by atoms with Crippen LogP contribution in [0.15, 0.2) is 42.7 Å². The fourth-order valence-electron chi connectivity index (χ4n) is 2.20. The highest BCUT2D eigenvalue weighted by atomic mass is 16.5. The second-order valence-electron chi connectivity index (χ2n) is 4.78. The van der Waals surface area contributed by atoms with E-state index in [1.54, 1.807) is 24.9 Å². The van der Waals surface area contributed by atoms with Crippen molar-refractivity contribution in [1.29, 1.82) is 0 Å². The number of nitrogens with one attached hydrogen (secondary N) is 1. The molecule has 1 aromatic carbocycles. The maximum atomic E-state index is 11.8. The number of benzene rings is 1. The number of rotatable bonds is 5. The van der Waals surface area contributed by atoms with E-state index in [1.807, 2.05) is 36.5 Å². The van der Waals surface area contributed by atoms with Crippen LogP contribution in [0.1, 0.15) is 37.6 Å². The zero-order valence-electron chi connectivity index (χ0n) is 12.8. The number of hydrogen-bond donors (Lipinski definition) is 1. The molecule has 0 bridgehead atoms. The van der Waals surface area contributed by atoms with E-state index in [1.165, 1.54) is 6.08 Å². The van der Waals surface area contributed by atoms with Crippen molar-refractivity contribution in [2.75, 3.05) is 6.61 Å². The molecular formula is C17H20N2O3. The zero-order chi connectivity index (χ0) is 15.9. The lowest BCUT2D eigenvalue weighted by Gasteiger charge is -2.32.